The van der Waals surface area contributed by atoms with Crippen LogP contribution in [0.1, 0.15) is 61.3 Å². The molecule has 0 aliphatic heterocycles. The molecule has 1 aromatic rings. The van der Waals surface area contributed by atoms with E-state index in [4.69, 9.17) is 5.73 Å². The summed E-state index contributed by atoms with van der Waals surface area (Å²) in [6.45, 7) is 4.37. The van der Waals surface area contributed by atoms with E-state index in [0.717, 1.165) is 5.92 Å². The highest BCUT2D eigenvalue weighted by atomic mass is 14.6. The molecule has 17 heavy (non-hydrogen) atoms. The minimum atomic E-state index is 0.234. The third-order valence-corrected chi connectivity index (χ3v) is 4.36. The van der Waals surface area contributed by atoms with Crippen LogP contribution < -0.4 is 5.73 Å². The van der Waals surface area contributed by atoms with Gasteiger partial charge in [-0.25, -0.2) is 0 Å². The van der Waals surface area contributed by atoms with Crippen molar-refractivity contribution in [2.24, 2.45) is 11.7 Å². The van der Waals surface area contributed by atoms with Crippen molar-refractivity contribution in [2.75, 3.05) is 0 Å². The number of hydrogen-bond donors (Lipinski definition) is 1. The fourth-order valence-corrected chi connectivity index (χ4v) is 3.08. The zero-order valence-corrected chi connectivity index (χ0v) is 11.2. The van der Waals surface area contributed by atoms with E-state index in [1.54, 1.807) is 0 Å². The van der Waals surface area contributed by atoms with Gasteiger partial charge in [0.25, 0.3) is 0 Å². The number of aryl methyl sites for hydroxylation is 1. The fourth-order valence-electron chi connectivity index (χ4n) is 3.08. The summed E-state index contributed by atoms with van der Waals surface area (Å²) in [5, 5.41) is 0. The molecule has 0 amide bonds. The van der Waals surface area contributed by atoms with Crippen molar-refractivity contribution < 1.29 is 0 Å². The van der Waals surface area contributed by atoms with Crippen LogP contribution in [0.4, 0.5) is 0 Å². The molecule has 0 aromatic heterocycles. The van der Waals surface area contributed by atoms with Crippen molar-refractivity contribution in [3.63, 3.8) is 0 Å². The number of benzene rings is 1. The molecule has 1 heteroatoms. The molecular weight excluding hydrogens is 206 g/mol. The van der Waals surface area contributed by atoms with Crippen LogP contribution in [-0.4, -0.2) is 0 Å². The van der Waals surface area contributed by atoms with E-state index >= 15 is 0 Å². The smallest absolute Gasteiger partial charge is 0.0300 e. The lowest BCUT2D eigenvalue weighted by Crippen LogP contribution is -2.18. The Bertz CT molecular complexity index is 364. The predicted octanol–water partition coefficient (Wildman–Crippen LogP) is 4.27. The molecule has 0 saturated heterocycles. The summed E-state index contributed by atoms with van der Waals surface area (Å²) in [5.74, 6) is 0.860. The van der Waals surface area contributed by atoms with Gasteiger partial charge in [-0.2, -0.15) is 0 Å². The Labute approximate surface area is 105 Å². The second kappa shape index (κ2) is 5.68. The van der Waals surface area contributed by atoms with E-state index in [1.165, 1.54) is 55.2 Å². The summed E-state index contributed by atoms with van der Waals surface area (Å²) < 4.78 is 0. The first-order chi connectivity index (χ1) is 8.18. The molecule has 1 nitrogen and oxygen atoms in total. The quantitative estimate of drug-likeness (QED) is 0.826. The lowest BCUT2D eigenvalue weighted by Gasteiger charge is -2.25. The van der Waals surface area contributed by atoms with Gasteiger partial charge in [0, 0.05) is 6.04 Å². The van der Waals surface area contributed by atoms with Gasteiger partial charge >= 0.3 is 0 Å². The van der Waals surface area contributed by atoms with Crippen molar-refractivity contribution in [1.29, 1.82) is 0 Å². The van der Waals surface area contributed by atoms with E-state index in [9.17, 15) is 0 Å². The maximum atomic E-state index is 6.40. The maximum absolute atomic E-state index is 6.40. The molecule has 94 valence electrons. The third kappa shape index (κ3) is 3.10. The molecule has 1 unspecified atom stereocenters. The lowest BCUT2D eigenvalue weighted by atomic mass is 9.82. The van der Waals surface area contributed by atoms with Gasteiger partial charge in [-0.3, -0.25) is 0 Å². The van der Waals surface area contributed by atoms with Crippen LogP contribution in [0.5, 0.6) is 0 Å². The standard InChI is InChI=1S/C16H25N/c1-12-7-6-10-15(13(12)2)16(17)11-14-8-4-3-5-9-14/h6-7,10,14,16H,3-5,8-9,11,17H2,1-2H3. The van der Waals surface area contributed by atoms with Gasteiger partial charge in [0.15, 0.2) is 0 Å². The second-order valence-corrected chi connectivity index (χ2v) is 5.64. The highest BCUT2D eigenvalue weighted by molar-refractivity contribution is 5.35. The van der Waals surface area contributed by atoms with Crippen molar-refractivity contribution in [2.45, 2.75) is 58.4 Å². The Hall–Kier alpha value is -0.820. The van der Waals surface area contributed by atoms with Crippen LogP contribution in [0.15, 0.2) is 18.2 Å². The molecule has 1 aliphatic rings. The van der Waals surface area contributed by atoms with Crippen molar-refractivity contribution in [1.82, 2.24) is 0 Å². The average molecular weight is 231 g/mol. The Morgan fingerprint density at radius 1 is 1.18 bits per heavy atom. The van der Waals surface area contributed by atoms with Crippen molar-refractivity contribution >= 4 is 0 Å². The molecule has 2 rings (SSSR count). The summed E-state index contributed by atoms with van der Waals surface area (Å²) in [5.41, 5.74) is 10.5. The largest absolute Gasteiger partial charge is 0.324 e. The highest BCUT2D eigenvalue weighted by Gasteiger charge is 2.18. The van der Waals surface area contributed by atoms with Gasteiger partial charge in [-0.1, -0.05) is 50.3 Å². The van der Waals surface area contributed by atoms with E-state index in [-0.39, 0.29) is 6.04 Å². The summed E-state index contributed by atoms with van der Waals surface area (Å²) >= 11 is 0. The molecule has 1 saturated carbocycles. The van der Waals surface area contributed by atoms with Gasteiger partial charge in [0.2, 0.25) is 0 Å². The molecule has 1 aliphatic carbocycles. The normalized spacial score (nSPS) is 19.2. The zero-order chi connectivity index (χ0) is 12.3. The predicted molar refractivity (Wildman–Crippen MR) is 74.0 cm³/mol. The van der Waals surface area contributed by atoms with E-state index in [0.29, 0.717) is 0 Å². The van der Waals surface area contributed by atoms with Crippen LogP contribution in [0, 0.1) is 19.8 Å². The molecule has 0 bridgehead atoms. The van der Waals surface area contributed by atoms with E-state index in [1.807, 2.05) is 0 Å². The Morgan fingerprint density at radius 2 is 1.88 bits per heavy atom. The van der Waals surface area contributed by atoms with Gasteiger partial charge in [0.05, 0.1) is 0 Å². The molecule has 0 spiro atoms. The zero-order valence-electron chi connectivity index (χ0n) is 11.2. The lowest BCUT2D eigenvalue weighted by molar-refractivity contribution is 0.319. The minimum absolute atomic E-state index is 0.234. The van der Waals surface area contributed by atoms with Crippen molar-refractivity contribution in [3.8, 4) is 0 Å². The fraction of sp³-hybridized carbons (Fsp3) is 0.625. The number of rotatable bonds is 3. The Balaban J connectivity index is 2.03. The molecular formula is C16H25N. The van der Waals surface area contributed by atoms with Gasteiger partial charge in [-0.05, 0) is 42.9 Å². The molecule has 2 N–H and O–H groups in total. The third-order valence-electron chi connectivity index (χ3n) is 4.36. The van der Waals surface area contributed by atoms with E-state index in [2.05, 4.69) is 32.0 Å². The molecule has 1 aromatic carbocycles. The highest BCUT2D eigenvalue weighted by Crippen LogP contribution is 2.32. The van der Waals surface area contributed by atoms with Crippen LogP contribution >= 0.6 is 0 Å². The van der Waals surface area contributed by atoms with Crippen LogP contribution in [0.3, 0.4) is 0 Å². The maximum Gasteiger partial charge on any atom is 0.0300 e. The second-order valence-electron chi connectivity index (χ2n) is 5.64. The Morgan fingerprint density at radius 3 is 2.59 bits per heavy atom. The molecule has 1 atom stereocenters. The van der Waals surface area contributed by atoms with Crippen LogP contribution in [0.2, 0.25) is 0 Å². The summed E-state index contributed by atoms with van der Waals surface area (Å²) in [6, 6.07) is 6.75. The van der Waals surface area contributed by atoms with Crippen LogP contribution in [0.25, 0.3) is 0 Å². The van der Waals surface area contributed by atoms with Crippen LogP contribution in [-0.2, 0) is 0 Å². The molecule has 1 fully saturated rings. The number of hydrogen-bond acceptors (Lipinski definition) is 1. The first-order valence-corrected chi connectivity index (χ1v) is 7.00. The van der Waals surface area contributed by atoms with Gasteiger partial charge in [-0.15, -0.1) is 0 Å². The minimum Gasteiger partial charge on any atom is -0.324 e. The summed E-state index contributed by atoms with van der Waals surface area (Å²) in [6.07, 6.45) is 8.19. The Kier molecular flexibility index (Phi) is 4.22. The molecule has 0 heterocycles. The first kappa shape index (κ1) is 12.6. The summed E-state index contributed by atoms with van der Waals surface area (Å²) in [4.78, 5) is 0. The van der Waals surface area contributed by atoms with Gasteiger partial charge < -0.3 is 5.73 Å². The molecule has 0 radical (unpaired) electrons. The van der Waals surface area contributed by atoms with E-state index < -0.39 is 0 Å². The SMILES string of the molecule is Cc1cccc(C(N)CC2CCCCC2)c1C. The first-order valence-electron chi connectivity index (χ1n) is 7.00. The van der Waals surface area contributed by atoms with Crippen molar-refractivity contribution in [3.05, 3.63) is 34.9 Å². The number of nitrogens with two attached hydrogens (primary N) is 1. The average Bonchev–Trinajstić information content (AvgIpc) is 2.34. The van der Waals surface area contributed by atoms with Gasteiger partial charge in [0.1, 0.15) is 0 Å². The monoisotopic (exact) mass is 231 g/mol. The topological polar surface area (TPSA) is 26.0 Å². The summed E-state index contributed by atoms with van der Waals surface area (Å²) in [7, 11) is 0.